The fourth-order valence-corrected chi connectivity index (χ4v) is 3.70. The number of pyridine rings is 1. The molecule has 4 rings (SSSR count). The summed E-state index contributed by atoms with van der Waals surface area (Å²) in [5.74, 6) is 0.0858. The van der Waals surface area contributed by atoms with Gasteiger partial charge in [0.2, 0.25) is 0 Å². The lowest BCUT2D eigenvalue weighted by Gasteiger charge is -2.19. The maximum atomic E-state index is 13.7. The molecule has 2 aromatic heterocycles. The molecule has 0 radical (unpaired) electrons. The van der Waals surface area contributed by atoms with Gasteiger partial charge in [-0.25, -0.2) is 18.2 Å². The number of alkyl halides is 2. The van der Waals surface area contributed by atoms with E-state index < -0.39 is 23.8 Å². The summed E-state index contributed by atoms with van der Waals surface area (Å²) in [4.78, 5) is 17.4. The van der Waals surface area contributed by atoms with Crippen molar-refractivity contribution in [2.24, 2.45) is 0 Å². The third kappa shape index (κ3) is 4.68. The van der Waals surface area contributed by atoms with Gasteiger partial charge >= 0.3 is 0 Å². The van der Waals surface area contributed by atoms with Crippen LogP contribution in [-0.4, -0.2) is 21.2 Å². The maximum absolute atomic E-state index is 13.7. The van der Waals surface area contributed by atoms with Gasteiger partial charge in [-0.15, -0.1) is 0 Å². The Hall–Kier alpha value is -4.01. The molecule has 0 aliphatic carbocycles. The highest BCUT2D eigenvalue weighted by Crippen LogP contribution is 2.29. The first-order valence-corrected chi connectivity index (χ1v) is 10.5. The average molecular weight is 468 g/mol. The number of rotatable bonds is 7. The van der Waals surface area contributed by atoms with Crippen LogP contribution >= 0.6 is 0 Å². The second kappa shape index (κ2) is 9.46. The van der Waals surface area contributed by atoms with E-state index >= 15 is 0 Å². The van der Waals surface area contributed by atoms with Crippen molar-refractivity contribution in [1.82, 2.24) is 14.1 Å². The van der Waals surface area contributed by atoms with Gasteiger partial charge in [0.1, 0.15) is 17.3 Å². The van der Waals surface area contributed by atoms with Crippen LogP contribution in [0.5, 0.6) is 5.75 Å². The number of anilines is 2. The summed E-state index contributed by atoms with van der Waals surface area (Å²) >= 11 is 0. The number of halogens is 3. The lowest BCUT2D eigenvalue weighted by Crippen LogP contribution is -2.26. The molecule has 2 aromatic carbocycles. The summed E-state index contributed by atoms with van der Waals surface area (Å²) in [7, 11) is 1.52. The third-order valence-corrected chi connectivity index (χ3v) is 5.53. The molecule has 0 aliphatic heterocycles. The molecule has 0 saturated heterocycles. The normalized spacial score (nSPS) is 12.1. The quantitative estimate of drug-likeness (QED) is 0.374. The van der Waals surface area contributed by atoms with Gasteiger partial charge in [0.15, 0.2) is 0 Å². The summed E-state index contributed by atoms with van der Waals surface area (Å²) in [6, 6.07) is 11.3. The highest BCUT2D eigenvalue weighted by atomic mass is 19.3. The second-order valence-electron chi connectivity index (χ2n) is 7.86. The zero-order valence-corrected chi connectivity index (χ0v) is 18.8. The van der Waals surface area contributed by atoms with Crippen molar-refractivity contribution in [3.63, 3.8) is 0 Å². The molecule has 6 nitrogen and oxygen atoms in total. The number of aromatic nitrogens is 3. The molecule has 176 valence electrons. The molecule has 34 heavy (non-hydrogen) atoms. The number of hydrogen-bond acceptors (Lipinski definition) is 4. The van der Waals surface area contributed by atoms with Crippen LogP contribution in [0.1, 0.15) is 36.2 Å². The number of hydrogen-bond donors (Lipinski definition) is 1. The molecule has 0 bridgehead atoms. The van der Waals surface area contributed by atoms with Gasteiger partial charge in [0.25, 0.3) is 12.0 Å². The van der Waals surface area contributed by atoms with E-state index in [1.807, 2.05) is 13.1 Å². The van der Waals surface area contributed by atoms with E-state index in [1.165, 1.54) is 35.9 Å². The second-order valence-corrected chi connectivity index (χ2v) is 7.86. The van der Waals surface area contributed by atoms with Crippen LogP contribution in [0.4, 0.5) is 24.5 Å². The Kier molecular flexibility index (Phi) is 6.45. The van der Waals surface area contributed by atoms with E-state index in [0.717, 1.165) is 23.6 Å². The minimum Gasteiger partial charge on any atom is -0.494 e. The molecule has 4 aromatic rings. The molecular weight excluding hydrogens is 445 g/mol. The minimum absolute atomic E-state index is 0.0139. The first-order valence-electron chi connectivity index (χ1n) is 10.5. The molecule has 0 amide bonds. The fourth-order valence-electron chi connectivity index (χ4n) is 3.70. The first kappa shape index (κ1) is 23.2. The molecule has 0 fully saturated rings. The predicted molar refractivity (Wildman–Crippen MR) is 124 cm³/mol. The van der Waals surface area contributed by atoms with Crippen molar-refractivity contribution in [3.05, 3.63) is 100 Å². The summed E-state index contributed by atoms with van der Waals surface area (Å²) in [6.07, 6.45) is 1.85. The number of ether oxygens (including phenoxy) is 1. The van der Waals surface area contributed by atoms with Gasteiger partial charge in [0.05, 0.1) is 30.9 Å². The summed E-state index contributed by atoms with van der Waals surface area (Å²) in [5, 5.41) is 2.95. The molecule has 1 atom stereocenters. The molecular formula is C25H23F3N4O2. The van der Waals surface area contributed by atoms with E-state index in [0.29, 0.717) is 17.0 Å². The first-order chi connectivity index (χ1) is 16.3. The number of methoxy groups -OCH3 is 1. The van der Waals surface area contributed by atoms with E-state index in [4.69, 9.17) is 4.74 Å². The lowest BCUT2D eigenvalue weighted by molar-refractivity contribution is 0.150. The Bertz CT molecular complexity index is 1360. The van der Waals surface area contributed by atoms with Gasteiger partial charge in [-0.3, -0.25) is 4.79 Å². The molecule has 9 heteroatoms. The highest BCUT2D eigenvalue weighted by molar-refractivity contribution is 5.65. The molecule has 0 spiro atoms. The van der Waals surface area contributed by atoms with Crippen molar-refractivity contribution in [1.29, 1.82) is 0 Å². The number of nitrogens with one attached hydrogen (secondary N) is 1. The van der Waals surface area contributed by atoms with Crippen molar-refractivity contribution >= 4 is 11.4 Å². The fraction of sp³-hybridized carbons (Fsp3) is 0.200. The molecule has 0 unspecified atom stereocenters. The van der Waals surface area contributed by atoms with E-state index in [1.54, 1.807) is 36.0 Å². The number of imidazole rings is 1. The van der Waals surface area contributed by atoms with Crippen molar-refractivity contribution < 1.29 is 17.9 Å². The van der Waals surface area contributed by atoms with E-state index in [-0.39, 0.29) is 11.3 Å². The molecule has 0 saturated carbocycles. The van der Waals surface area contributed by atoms with Gasteiger partial charge < -0.3 is 19.2 Å². The monoisotopic (exact) mass is 468 g/mol. The molecule has 1 N–H and O–H groups in total. The topological polar surface area (TPSA) is 61.1 Å². The van der Waals surface area contributed by atoms with Gasteiger partial charge in [-0.2, -0.15) is 0 Å². The highest BCUT2D eigenvalue weighted by Gasteiger charge is 2.18. The summed E-state index contributed by atoms with van der Waals surface area (Å²) in [6.45, 7) is 3.56. The Balaban J connectivity index is 1.73. The Morgan fingerprint density at radius 3 is 2.38 bits per heavy atom. The summed E-state index contributed by atoms with van der Waals surface area (Å²) < 4.78 is 49.1. The standard InChI is InChI=1S/C25H23F3N4O2/c1-15-12-31(14-29-15)22-9-8-20(11-23(22)34-3)30-21-10-18(24(27)28)13-32(25(21)33)16(2)17-4-6-19(26)7-5-17/h4-14,16,24,30H,1-3H3/t16-/m0/s1. The summed E-state index contributed by atoms with van der Waals surface area (Å²) in [5.41, 5.74) is 1.86. The van der Waals surface area contributed by atoms with Crippen molar-refractivity contribution in [2.75, 3.05) is 12.4 Å². The Morgan fingerprint density at radius 2 is 1.76 bits per heavy atom. The lowest BCUT2D eigenvalue weighted by atomic mass is 10.1. The SMILES string of the molecule is COc1cc(Nc2cc(C(F)F)cn([C@@H](C)c3ccc(F)cc3)c2=O)ccc1-n1cnc(C)c1. The van der Waals surface area contributed by atoms with Gasteiger partial charge in [-0.05, 0) is 49.7 Å². The van der Waals surface area contributed by atoms with Crippen LogP contribution in [0.2, 0.25) is 0 Å². The van der Waals surface area contributed by atoms with Crippen LogP contribution in [0, 0.1) is 12.7 Å². The van der Waals surface area contributed by atoms with Crippen LogP contribution in [-0.2, 0) is 0 Å². The van der Waals surface area contributed by atoms with E-state index in [9.17, 15) is 18.0 Å². The Labute approximate surface area is 194 Å². The zero-order valence-electron chi connectivity index (χ0n) is 18.8. The van der Waals surface area contributed by atoms with Crippen LogP contribution in [0.3, 0.4) is 0 Å². The predicted octanol–water partition coefficient (Wildman–Crippen LogP) is 5.78. The zero-order chi connectivity index (χ0) is 24.4. The number of aryl methyl sites for hydroxylation is 1. The van der Waals surface area contributed by atoms with Gasteiger partial charge in [0, 0.05) is 29.7 Å². The smallest absolute Gasteiger partial charge is 0.274 e. The largest absolute Gasteiger partial charge is 0.494 e. The average Bonchev–Trinajstić information content (AvgIpc) is 3.26. The van der Waals surface area contributed by atoms with Crippen molar-refractivity contribution in [2.45, 2.75) is 26.3 Å². The molecule has 2 heterocycles. The van der Waals surface area contributed by atoms with Crippen molar-refractivity contribution in [3.8, 4) is 11.4 Å². The number of benzene rings is 2. The Morgan fingerprint density at radius 1 is 1.03 bits per heavy atom. The minimum atomic E-state index is -2.78. The van der Waals surface area contributed by atoms with Crippen LogP contribution < -0.4 is 15.6 Å². The molecule has 0 aliphatic rings. The van der Waals surface area contributed by atoms with Crippen LogP contribution in [0.25, 0.3) is 5.69 Å². The van der Waals surface area contributed by atoms with E-state index in [2.05, 4.69) is 10.3 Å². The van der Waals surface area contributed by atoms with Gasteiger partial charge in [-0.1, -0.05) is 12.1 Å². The maximum Gasteiger partial charge on any atom is 0.274 e. The number of nitrogens with zero attached hydrogens (tertiary/aromatic N) is 3. The third-order valence-electron chi connectivity index (χ3n) is 5.53. The van der Waals surface area contributed by atoms with Crippen LogP contribution in [0.15, 0.2) is 72.0 Å².